The van der Waals surface area contributed by atoms with Crippen LogP contribution in [0.1, 0.15) is 21.8 Å². The van der Waals surface area contributed by atoms with Crippen LogP contribution in [0.4, 0.5) is 0 Å². The van der Waals surface area contributed by atoms with Crippen LogP contribution >= 0.6 is 0 Å². The molecule has 3 aromatic rings. The number of ketones is 1. The molecule has 0 aromatic heterocycles. The quantitative estimate of drug-likeness (QED) is 0.409. The Morgan fingerprint density at radius 3 is 2.19 bits per heavy atom. The van der Waals surface area contributed by atoms with E-state index in [-0.39, 0.29) is 5.78 Å². The van der Waals surface area contributed by atoms with E-state index in [1.807, 2.05) is 48.5 Å². The lowest BCUT2D eigenvalue weighted by Crippen LogP contribution is -2.14. The highest BCUT2D eigenvalue weighted by molar-refractivity contribution is 6.09. The number of Topliss-reactive ketones (excluding diaryl/α,β-unsaturated/α-hetero) is 1. The fraction of sp³-hybridized carbons (Fsp3) is 0.0526. The number of benzene rings is 3. The maximum atomic E-state index is 12.5. The molecule has 0 saturated carbocycles. The Bertz CT molecular complexity index is 791. The molecule has 1 unspecified atom stereocenters. The number of hydrogen-bond acceptors (Lipinski definition) is 2. The van der Waals surface area contributed by atoms with Crippen LogP contribution in [0.5, 0.6) is 0 Å². The predicted octanol–water partition coefficient (Wildman–Crippen LogP) is 4.01. The minimum atomic E-state index is -0.753. The summed E-state index contributed by atoms with van der Waals surface area (Å²) in [6, 6.07) is 22.5. The molecule has 0 aliphatic rings. The highest BCUT2D eigenvalue weighted by Crippen LogP contribution is 2.23. The van der Waals surface area contributed by atoms with Gasteiger partial charge in [-0.05, 0) is 22.4 Å². The van der Waals surface area contributed by atoms with Gasteiger partial charge < -0.3 is 4.79 Å². The first-order valence-corrected chi connectivity index (χ1v) is 6.83. The number of carbonyl (C=O) groups is 2. The molecule has 0 saturated heterocycles. The number of hydrogen-bond donors (Lipinski definition) is 0. The summed E-state index contributed by atoms with van der Waals surface area (Å²) >= 11 is 0. The molecule has 102 valence electrons. The minimum absolute atomic E-state index is 0.166. The van der Waals surface area contributed by atoms with Gasteiger partial charge in [-0.15, -0.1) is 0 Å². The maximum Gasteiger partial charge on any atom is 0.177 e. The van der Waals surface area contributed by atoms with Crippen molar-refractivity contribution in [2.45, 2.75) is 5.92 Å². The molecule has 1 atom stereocenters. The van der Waals surface area contributed by atoms with Gasteiger partial charge in [-0.3, -0.25) is 4.79 Å². The Kier molecular flexibility index (Phi) is 3.61. The van der Waals surface area contributed by atoms with Crippen LogP contribution in [0.2, 0.25) is 0 Å². The Hall–Kier alpha value is -2.74. The fourth-order valence-corrected chi connectivity index (χ4v) is 2.47. The van der Waals surface area contributed by atoms with Crippen LogP contribution in [0.3, 0.4) is 0 Å². The van der Waals surface area contributed by atoms with Gasteiger partial charge in [0.15, 0.2) is 5.78 Å². The summed E-state index contributed by atoms with van der Waals surface area (Å²) in [7, 11) is 0. The Balaban J connectivity index is 2.02. The Morgan fingerprint density at radius 1 is 0.810 bits per heavy atom. The second-order valence-electron chi connectivity index (χ2n) is 4.95. The summed E-state index contributed by atoms with van der Waals surface area (Å²) in [6.07, 6.45) is 0.722. The third-order valence-corrected chi connectivity index (χ3v) is 3.61. The average Bonchev–Trinajstić information content (AvgIpc) is 2.56. The molecule has 3 rings (SSSR count). The van der Waals surface area contributed by atoms with Gasteiger partial charge in [0, 0.05) is 5.56 Å². The van der Waals surface area contributed by atoms with Crippen molar-refractivity contribution < 1.29 is 9.59 Å². The molecule has 0 heterocycles. The summed E-state index contributed by atoms with van der Waals surface area (Å²) in [5, 5.41) is 2.13. The molecule has 0 amide bonds. The van der Waals surface area contributed by atoms with Gasteiger partial charge in [-0.25, -0.2) is 0 Å². The maximum absolute atomic E-state index is 12.5. The van der Waals surface area contributed by atoms with Crippen LogP contribution in [0.15, 0.2) is 72.8 Å². The molecule has 3 aromatic carbocycles. The Labute approximate surface area is 123 Å². The average molecular weight is 274 g/mol. The standard InChI is InChI=1S/C19H14O2/c20-13-18(19(21)15-7-2-1-3-8-15)17-11-10-14-6-4-5-9-16(14)12-17/h1-13,18H. The van der Waals surface area contributed by atoms with Crippen molar-refractivity contribution in [3.8, 4) is 0 Å². The highest BCUT2D eigenvalue weighted by Gasteiger charge is 2.21. The summed E-state index contributed by atoms with van der Waals surface area (Å²) in [5.41, 5.74) is 1.29. The number of carbonyl (C=O) groups excluding carboxylic acids is 2. The molecule has 0 fully saturated rings. The van der Waals surface area contributed by atoms with E-state index in [2.05, 4.69) is 0 Å². The van der Waals surface area contributed by atoms with E-state index in [4.69, 9.17) is 0 Å². The van der Waals surface area contributed by atoms with Gasteiger partial charge in [-0.1, -0.05) is 66.7 Å². The molecule has 0 N–H and O–H groups in total. The lowest BCUT2D eigenvalue weighted by Gasteiger charge is -2.11. The summed E-state index contributed by atoms with van der Waals surface area (Å²) in [5.74, 6) is -0.919. The monoisotopic (exact) mass is 274 g/mol. The van der Waals surface area contributed by atoms with E-state index in [1.165, 1.54) is 0 Å². The largest absolute Gasteiger partial charge is 0.302 e. The normalized spacial score (nSPS) is 12.0. The van der Waals surface area contributed by atoms with Crippen LogP contribution in [-0.4, -0.2) is 12.1 Å². The van der Waals surface area contributed by atoms with Crippen LogP contribution in [0.25, 0.3) is 10.8 Å². The van der Waals surface area contributed by atoms with E-state index in [0.717, 1.165) is 22.6 Å². The number of rotatable bonds is 4. The molecule has 0 bridgehead atoms. The second-order valence-corrected chi connectivity index (χ2v) is 4.95. The van der Waals surface area contributed by atoms with E-state index >= 15 is 0 Å². The third kappa shape index (κ3) is 2.61. The first-order valence-electron chi connectivity index (χ1n) is 6.83. The first kappa shape index (κ1) is 13.3. The molecule has 0 aliphatic carbocycles. The van der Waals surface area contributed by atoms with Crippen molar-refractivity contribution in [2.75, 3.05) is 0 Å². The van der Waals surface area contributed by atoms with Crippen molar-refractivity contribution in [1.29, 1.82) is 0 Å². The second kappa shape index (κ2) is 5.71. The zero-order valence-electron chi connectivity index (χ0n) is 11.4. The zero-order chi connectivity index (χ0) is 14.7. The summed E-state index contributed by atoms with van der Waals surface area (Å²) in [6.45, 7) is 0. The van der Waals surface area contributed by atoms with E-state index in [9.17, 15) is 9.59 Å². The summed E-state index contributed by atoms with van der Waals surface area (Å²) in [4.78, 5) is 23.9. The lowest BCUT2D eigenvalue weighted by molar-refractivity contribution is -0.108. The van der Waals surface area contributed by atoms with Gasteiger partial charge in [0.05, 0.1) is 0 Å². The molecule has 2 nitrogen and oxygen atoms in total. The lowest BCUT2D eigenvalue weighted by atomic mass is 9.90. The van der Waals surface area contributed by atoms with Crippen LogP contribution in [-0.2, 0) is 4.79 Å². The van der Waals surface area contributed by atoms with Gasteiger partial charge >= 0.3 is 0 Å². The van der Waals surface area contributed by atoms with Crippen molar-refractivity contribution in [3.05, 3.63) is 83.9 Å². The minimum Gasteiger partial charge on any atom is -0.302 e. The van der Waals surface area contributed by atoms with Gasteiger partial charge in [-0.2, -0.15) is 0 Å². The highest BCUT2D eigenvalue weighted by atomic mass is 16.1. The molecule has 0 aliphatic heterocycles. The molecule has 2 heteroatoms. The molecule has 0 spiro atoms. The van der Waals surface area contributed by atoms with E-state index in [0.29, 0.717) is 5.56 Å². The SMILES string of the molecule is O=CC(C(=O)c1ccccc1)c1ccc2ccccc2c1. The van der Waals surface area contributed by atoms with Gasteiger partial charge in [0.2, 0.25) is 0 Å². The smallest absolute Gasteiger partial charge is 0.177 e. The van der Waals surface area contributed by atoms with Crippen LogP contribution < -0.4 is 0 Å². The zero-order valence-corrected chi connectivity index (χ0v) is 11.4. The van der Waals surface area contributed by atoms with Gasteiger partial charge in [0.1, 0.15) is 12.2 Å². The molecule has 0 radical (unpaired) electrons. The number of fused-ring (bicyclic) bond motifs is 1. The number of aldehydes is 1. The third-order valence-electron chi connectivity index (χ3n) is 3.61. The van der Waals surface area contributed by atoms with E-state index in [1.54, 1.807) is 24.3 Å². The van der Waals surface area contributed by atoms with Crippen molar-refractivity contribution >= 4 is 22.8 Å². The molecular weight excluding hydrogens is 260 g/mol. The topological polar surface area (TPSA) is 34.1 Å². The molecule has 21 heavy (non-hydrogen) atoms. The fourth-order valence-electron chi connectivity index (χ4n) is 2.47. The molecular formula is C19H14O2. The van der Waals surface area contributed by atoms with Crippen molar-refractivity contribution in [2.24, 2.45) is 0 Å². The first-order chi connectivity index (χ1) is 10.3. The Morgan fingerprint density at radius 2 is 1.48 bits per heavy atom. The van der Waals surface area contributed by atoms with Crippen LogP contribution in [0, 0.1) is 0 Å². The van der Waals surface area contributed by atoms with Gasteiger partial charge in [0.25, 0.3) is 0 Å². The van der Waals surface area contributed by atoms with E-state index < -0.39 is 5.92 Å². The van der Waals surface area contributed by atoms with Crippen molar-refractivity contribution in [1.82, 2.24) is 0 Å². The summed E-state index contributed by atoms with van der Waals surface area (Å²) < 4.78 is 0. The predicted molar refractivity (Wildman–Crippen MR) is 83.5 cm³/mol. The van der Waals surface area contributed by atoms with Crippen molar-refractivity contribution in [3.63, 3.8) is 0 Å².